The lowest BCUT2D eigenvalue weighted by molar-refractivity contribution is 0.534. The number of benzene rings is 1. The number of nitriles is 1. The molecule has 0 bridgehead atoms. The second kappa shape index (κ2) is 5.42. The lowest BCUT2D eigenvalue weighted by Crippen LogP contribution is -2.16. The van der Waals surface area contributed by atoms with Gasteiger partial charge in [0.2, 0.25) is 0 Å². The van der Waals surface area contributed by atoms with Crippen LogP contribution in [0.2, 0.25) is 0 Å². The third-order valence-corrected chi connectivity index (χ3v) is 2.00. The number of hydrogen-bond donors (Lipinski definition) is 1. The molecule has 0 amide bonds. The van der Waals surface area contributed by atoms with Crippen molar-refractivity contribution in [2.24, 2.45) is 0 Å². The first-order chi connectivity index (χ1) is 7.19. The van der Waals surface area contributed by atoms with E-state index in [1.807, 2.05) is 6.92 Å². The van der Waals surface area contributed by atoms with Crippen LogP contribution in [0.4, 0.5) is 8.78 Å². The molecule has 0 aromatic heterocycles. The molecule has 0 saturated carbocycles. The zero-order chi connectivity index (χ0) is 11.3. The van der Waals surface area contributed by atoms with Crippen molar-refractivity contribution in [2.75, 3.05) is 6.54 Å². The largest absolute Gasteiger partial charge is 0.312 e. The van der Waals surface area contributed by atoms with Crippen LogP contribution in [-0.2, 0) is 6.54 Å². The van der Waals surface area contributed by atoms with Gasteiger partial charge in [-0.2, -0.15) is 5.26 Å². The highest BCUT2D eigenvalue weighted by atomic mass is 19.1. The number of halogens is 2. The maximum absolute atomic E-state index is 13.3. The minimum absolute atomic E-state index is 0.00393. The van der Waals surface area contributed by atoms with Crippen LogP contribution in [0.5, 0.6) is 0 Å². The average Bonchev–Trinajstić information content (AvgIpc) is 2.22. The van der Waals surface area contributed by atoms with Gasteiger partial charge in [-0.25, -0.2) is 8.78 Å². The molecule has 0 spiro atoms. The predicted octanol–water partition coefficient (Wildman–Crippen LogP) is 2.34. The number of rotatable bonds is 4. The summed E-state index contributed by atoms with van der Waals surface area (Å²) in [6.45, 7) is 2.83. The molecule has 0 aliphatic carbocycles. The molecule has 2 nitrogen and oxygen atoms in total. The molecule has 0 aliphatic heterocycles. The van der Waals surface area contributed by atoms with Gasteiger partial charge in [0.1, 0.15) is 11.6 Å². The van der Waals surface area contributed by atoms with Gasteiger partial charge >= 0.3 is 0 Å². The van der Waals surface area contributed by atoms with E-state index in [2.05, 4.69) is 5.32 Å². The minimum atomic E-state index is -0.671. The molecular formula is C11H12F2N2. The third-order valence-electron chi connectivity index (χ3n) is 2.00. The van der Waals surface area contributed by atoms with E-state index in [4.69, 9.17) is 5.26 Å². The van der Waals surface area contributed by atoms with Crippen molar-refractivity contribution in [3.8, 4) is 6.07 Å². The Morgan fingerprint density at radius 3 is 2.40 bits per heavy atom. The Labute approximate surface area is 87.5 Å². The van der Waals surface area contributed by atoms with Crippen molar-refractivity contribution < 1.29 is 8.78 Å². The van der Waals surface area contributed by atoms with E-state index in [-0.39, 0.29) is 17.7 Å². The summed E-state index contributed by atoms with van der Waals surface area (Å²) in [6, 6.07) is 3.80. The maximum atomic E-state index is 13.3. The molecular weight excluding hydrogens is 198 g/mol. The summed E-state index contributed by atoms with van der Waals surface area (Å²) in [5, 5.41) is 11.4. The third kappa shape index (κ3) is 3.00. The van der Waals surface area contributed by atoms with Gasteiger partial charge < -0.3 is 5.32 Å². The predicted molar refractivity (Wildman–Crippen MR) is 53.1 cm³/mol. The van der Waals surface area contributed by atoms with Gasteiger partial charge in [0.15, 0.2) is 0 Å². The Hall–Kier alpha value is -1.47. The monoisotopic (exact) mass is 210 g/mol. The Bertz CT molecular complexity index is 360. The second-order valence-corrected chi connectivity index (χ2v) is 3.21. The van der Waals surface area contributed by atoms with Gasteiger partial charge in [0.25, 0.3) is 0 Å². The Morgan fingerprint density at radius 2 is 1.93 bits per heavy atom. The first-order valence-corrected chi connectivity index (χ1v) is 4.77. The highest BCUT2D eigenvalue weighted by Gasteiger charge is 2.10. The Balaban J connectivity index is 2.85. The molecule has 0 radical (unpaired) electrons. The van der Waals surface area contributed by atoms with Crippen LogP contribution < -0.4 is 5.32 Å². The molecule has 4 heteroatoms. The summed E-state index contributed by atoms with van der Waals surface area (Å²) >= 11 is 0. The fraction of sp³-hybridized carbons (Fsp3) is 0.364. The standard InChI is InChI=1S/C11H12F2N2/c1-2-3-15-7-9-10(12)4-8(6-14)5-11(9)13/h4-5,15H,2-3,7H2,1H3. The zero-order valence-electron chi connectivity index (χ0n) is 8.48. The topological polar surface area (TPSA) is 35.8 Å². The molecule has 1 rings (SSSR count). The van der Waals surface area contributed by atoms with Crippen LogP contribution in [-0.4, -0.2) is 6.54 Å². The normalized spacial score (nSPS) is 10.0. The molecule has 1 aromatic carbocycles. The van der Waals surface area contributed by atoms with E-state index in [0.29, 0.717) is 6.54 Å². The molecule has 0 aliphatic rings. The van der Waals surface area contributed by atoms with Crippen molar-refractivity contribution in [1.82, 2.24) is 5.32 Å². The van der Waals surface area contributed by atoms with Gasteiger partial charge in [-0.1, -0.05) is 6.92 Å². The van der Waals surface area contributed by atoms with Gasteiger partial charge in [0.05, 0.1) is 11.6 Å². The molecule has 0 atom stereocenters. The summed E-state index contributed by atoms with van der Waals surface area (Å²) in [5.74, 6) is -1.34. The lowest BCUT2D eigenvalue weighted by atomic mass is 10.1. The van der Waals surface area contributed by atoms with Crippen LogP contribution in [0, 0.1) is 23.0 Å². The van der Waals surface area contributed by atoms with E-state index in [9.17, 15) is 8.78 Å². The van der Waals surface area contributed by atoms with Gasteiger partial charge in [-0.3, -0.25) is 0 Å². The van der Waals surface area contributed by atoms with Crippen molar-refractivity contribution in [3.05, 3.63) is 34.9 Å². The van der Waals surface area contributed by atoms with Crippen molar-refractivity contribution >= 4 is 0 Å². The SMILES string of the molecule is CCCNCc1c(F)cc(C#N)cc1F. The number of nitrogens with zero attached hydrogens (tertiary/aromatic N) is 1. The summed E-state index contributed by atoms with van der Waals surface area (Å²) in [6.07, 6.45) is 0.902. The quantitative estimate of drug-likeness (QED) is 0.774. The lowest BCUT2D eigenvalue weighted by Gasteiger charge is -2.06. The van der Waals surface area contributed by atoms with Crippen molar-refractivity contribution in [2.45, 2.75) is 19.9 Å². The summed E-state index contributed by atoms with van der Waals surface area (Å²) in [4.78, 5) is 0. The van der Waals surface area contributed by atoms with Crippen LogP contribution in [0.3, 0.4) is 0 Å². The fourth-order valence-corrected chi connectivity index (χ4v) is 1.23. The molecule has 1 aromatic rings. The number of hydrogen-bond acceptors (Lipinski definition) is 2. The van der Waals surface area contributed by atoms with E-state index in [1.165, 1.54) is 0 Å². The average molecular weight is 210 g/mol. The molecule has 15 heavy (non-hydrogen) atoms. The molecule has 0 saturated heterocycles. The Kier molecular flexibility index (Phi) is 4.19. The summed E-state index contributed by atoms with van der Waals surface area (Å²) in [5.41, 5.74) is -0.00769. The highest BCUT2D eigenvalue weighted by molar-refractivity contribution is 5.34. The fourth-order valence-electron chi connectivity index (χ4n) is 1.23. The van der Waals surface area contributed by atoms with Crippen LogP contribution >= 0.6 is 0 Å². The Morgan fingerprint density at radius 1 is 1.33 bits per heavy atom. The first-order valence-electron chi connectivity index (χ1n) is 4.77. The molecule has 80 valence electrons. The van der Waals surface area contributed by atoms with Crippen LogP contribution in [0.1, 0.15) is 24.5 Å². The smallest absolute Gasteiger partial charge is 0.131 e. The zero-order valence-corrected chi connectivity index (χ0v) is 8.48. The first kappa shape index (κ1) is 11.6. The van der Waals surface area contributed by atoms with Crippen LogP contribution in [0.15, 0.2) is 12.1 Å². The van der Waals surface area contributed by atoms with E-state index in [1.54, 1.807) is 6.07 Å². The molecule has 0 fully saturated rings. The molecule has 0 heterocycles. The second-order valence-electron chi connectivity index (χ2n) is 3.21. The van der Waals surface area contributed by atoms with E-state index in [0.717, 1.165) is 18.6 Å². The van der Waals surface area contributed by atoms with E-state index >= 15 is 0 Å². The minimum Gasteiger partial charge on any atom is -0.312 e. The van der Waals surface area contributed by atoms with Crippen LogP contribution in [0.25, 0.3) is 0 Å². The molecule has 1 N–H and O–H groups in total. The number of nitrogens with one attached hydrogen (secondary N) is 1. The summed E-state index contributed by atoms with van der Waals surface area (Å²) < 4.78 is 26.6. The maximum Gasteiger partial charge on any atom is 0.131 e. The van der Waals surface area contributed by atoms with Crippen molar-refractivity contribution in [1.29, 1.82) is 5.26 Å². The summed E-state index contributed by atoms with van der Waals surface area (Å²) in [7, 11) is 0. The van der Waals surface area contributed by atoms with E-state index < -0.39 is 11.6 Å². The molecule has 0 unspecified atom stereocenters. The van der Waals surface area contributed by atoms with Gasteiger partial charge in [-0.05, 0) is 25.1 Å². The van der Waals surface area contributed by atoms with Gasteiger partial charge in [-0.15, -0.1) is 0 Å². The highest BCUT2D eigenvalue weighted by Crippen LogP contribution is 2.14. The van der Waals surface area contributed by atoms with Gasteiger partial charge in [0, 0.05) is 12.1 Å². The van der Waals surface area contributed by atoms with Crippen molar-refractivity contribution in [3.63, 3.8) is 0 Å².